The van der Waals surface area contributed by atoms with Crippen LogP contribution in [0.2, 0.25) is 0 Å². The Morgan fingerprint density at radius 2 is 1.35 bits per heavy atom. The molecule has 0 aliphatic rings. The monoisotopic (exact) mass is 230 g/mol. The van der Waals surface area contributed by atoms with E-state index in [4.69, 9.17) is 5.11 Å². The van der Waals surface area contributed by atoms with Gasteiger partial charge in [-0.2, -0.15) is 0 Å². The zero-order valence-electron chi connectivity index (χ0n) is 8.79. The number of hydrogen-bond acceptors (Lipinski definition) is 3. The fraction of sp³-hybridized carbons (Fsp3) is 0. The van der Waals surface area contributed by atoms with Gasteiger partial charge in [0.1, 0.15) is 11.5 Å². The Kier molecular flexibility index (Phi) is 2.70. The van der Waals surface area contributed by atoms with Gasteiger partial charge in [-0.3, -0.25) is 0 Å². The van der Waals surface area contributed by atoms with E-state index >= 15 is 0 Å². The molecule has 2 aromatic rings. The van der Waals surface area contributed by atoms with Gasteiger partial charge in [-0.15, -0.1) is 0 Å². The molecule has 0 saturated carbocycles. The molecule has 0 aliphatic carbocycles. The van der Waals surface area contributed by atoms with Gasteiger partial charge in [0.05, 0.1) is 5.56 Å². The number of phenolic OH excluding ortho intramolecular Hbond substituents is 2. The topological polar surface area (TPSA) is 77.8 Å². The summed E-state index contributed by atoms with van der Waals surface area (Å²) in [6, 6.07) is 10.4. The van der Waals surface area contributed by atoms with Crippen LogP contribution in [-0.4, -0.2) is 21.3 Å². The second-order valence-corrected chi connectivity index (χ2v) is 3.62. The van der Waals surface area contributed by atoms with E-state index in [1.54, 1.807) is 12.1 Å². The summed E-state index contributed by atoms with van der Waals surface area (Å²) in [6.45, 7) is 0. The third-order valence-corrected chi connectivity index (χ3v) is 2.37. The Hall–Kier alpha value is -2.49. The molecule has 2 rings (SSSR count). The molecule has 0 spiro atoms. The number of carbonyl (C=O) groups is 1. The predicted octanol–water partition coefficient (Wildman–Crippen LogP) is 2.46. The zero-order chi connectivity index (χ0) is 12.4. The number of hydrogen-bond donors (Lipinski definition) is 3. The number of carboxylic acids is 1. The lowest BCUT2D eigenvalue weighted by Gasteiger charge is -2.04. The number of aromatic carboxylic acids is 1. The van der Waals surface area contributed by atoms with E-state index in [-0.39, 0.29) is 17.1 Å². The van der Waals surface area contributed by atoms with Gasteiger partial charge in [-0.05, 0) is 35.4 Å². The molecule has 3 N–H and O–H groups in total. The van der Waals surface area contributed by atoms with Gasteiger partial charge >= 0.3 is 5.97 Å². The number of carboxylic acid groups (broad SMARTS) is 1. The van der Waals surface area contributed by atoms with Crippen LogP contribution < -0.4 is 0 Å². The van der Waals surface area contributed by atoms with E-state index in [0.717, 1.165) is 5.56 Å². The molecule has 0 unspecified atom stereocenters. The Labute approximate surface area is 97.4 Å². The molecule has 86 valence electrons. The Balaban J connectivity index is 2.43. The van der Waals surface area contributed by atoms with Crippen LogP contribution in [-0.2, 0) is 0 Å². The van der Waals surface area contributed by atoms with Crippen LogP contribution in [0.1, 0.15) is 10.4 Å². The molecule has 0 radical (unpaired) electrons. The second-order valence-electron chi connectivity index (χ2n) is 3.62. The minimum atomic E-state index is -0.990. The highest BCUT2D eigenvalue weighted by atomic mass is 16.4. The van der Waals surface area contributed by atoms with Crippen molar-refractivity contribution in [3.8, 4) is 22.6 Å². The fourth-order valence-electron chi connectivity index (χ4n) is 1.57. The van der Waals surface area contributed by atoms with Crippen LogP contribution in [0.15, 0.2) is 42.5 Å². The molecule has 17 heavy (non-hydrogen) atoms. The molecule has 0 heterocycles. The summed E-state index contributed by atoms with van der Waals surface area (Å²) >= 11 is 0. The molecule has 0 aliphatic heterocycles. The first-order valence-corrected chi connectivity index (χ1v) is 4.93. The van der Waals surface area contributed by atoms with Crippen LogP contribution in [0.4, 0.5) is 0 Å². The summed E-state index contributed by atoms with van der Waals surface area (Å²) in [5, 5.41) is 27.4. The van der Waals surface area contributed by atoms with Crippen molar-refractivity contribution in [1.29, 1.82) is 0 Å². The van der Waals surface area contributed by atoms with Crippen molar-refractivity contribution >= 4 is 5.97 Å². The third-order valence-electron chi connectivity index (χ3n) is 2.37. The summed E-state index contributed by atoms with van der Waals surface area (Å²) in [5.74, 6) is -1.07. The molecular formula is C13H10O4. The van der Waals surface area contributed by atoms with Crippen LogP contribution in [0, 0.1) is 0 Å². The summed E-state index contributed by atoms with van der Waals surface area (Å²) in [5.41, 5.74) is 1.54. The SMILES string of the molecule is O=C(O)c1ccc(-c2cc(O)cc(O)c2)cc1. The molecule has 0 atom stereocenters. The Morgan fingerprint density at radius 3 is 1.82 bits per heavy atom. The molecule has 4 heteroatoms. The lowest BCUT2D eigenvalue weighted by molar-refractivity contribution is 0.0697. The Morgan fingerprint density at radius 1 is 0.824 bits per heavy atom. The van der Waals surface area contributed by atoms with E-state index in [1.807, 2.05) is 0 Å². The first kappa shape index (κ1) is 11.0. The lowest BCUT2D eigenvalue weighted by atomic mass is 10.0. The van der Waals surface area contributed by atoms with Crippen LogP contribution in [0.5, 0.6) is 11.5 Å². The van der Waals surface area contributed by atoms with Crippen molar-refractivity contribution in [2.75, 3.05) is 0 Å². The largest absolute Gasteiger partial charge is 0.508 e. The van der Waals surface area contributed by atoms with Gasteiger partial charge in [-0.25, -0.2) is 4.79 Å². The molecule has 0 aromatic heterocycles. The first-order valence-electron chi connectivity index (χ1n) is 4.93. The van der Waals surface area contributed by atoms with Crippen LogP contribution >= 0.6 is 0 Å². The van der Waals surface area contributed by atoms with Crippen molar-refractivity contribution in [3.63, 3.8) is 0 Å². The van der Waals surface area contributed by atoms with Crippen molar-refractivity contribution in [3.05, 3.63) is 48.0 Å². The lowest BCUT2D eigenvalue weighted by Crippen LogP contribution is -1.94. The van der Waals surface area contributed by atoms with Gasteiger partial charge < -0.3 is 15.3 Å². The molecule has 0 amide bonds. The maximum atomic E-state index is 10.7. The van der Waals surface area contributed by atoms with Crippen LogP contribution in [0.25, 0.3) is 11.1 Å². The van der Waals surface area contributed by atoms with Gasteiger partial charge in [0.2, 0.25) is 0 Å². The van der Waals surface area contributed by atoms with Crippen LogP contribution in [0.3, 0.4) is 0 Å². The molecule has 2 aromatic carbocycles. The normalized spacial score (nSPS) is 10.1. The summed E-state index contributed by atoms with van der Waals surface area (Å²) < 4.78 is 0. The summed E-state index contributed by atoms with van der Waals surface area (Å²) in [4.78, 5) is 10.7. The number of benzene rings is 2. The molecule has 0 fully saturated rings. The predicted molar refractivity (Wildman–Crippen MR) is 62.2 cm³/mol. The third kappa shape index (κ3) is 2.36. The number of aromatic hydroxyl groups is 2. The minimum Gasteiger partial charge on any atom is -0.508 e. The van der Waals surface area contributed by atoms with Gasteiger partial charge in [0, 0.05) is 6.07 Å². The maximum Gasteiger partial charge on any atom is 0.335 e. The van der Waals surface area contributed by atoms with Gasteiger partial charge in [-0.1, -0.05) is 12.1 Å². The number of rotatable bonds is 2. The molecule has 4 nitrogen and oxygen atoms in total. The molecular weight excluding hydrogens is 220 g/mol. The average Bonchev–Trinajstić information content (AvgIpc) is 2.28. The Bertz CT molecular complexity index is 538. The summed E-state index contributed by atoms with van der Waals surface area (Å²) in [6.07, 6.45) is 0. The van der Waals surface area contributed by atoms with E-state index < -0.39 is 5.97 Å². The first-order chi connectivity index (χ1) is 8.06. The van der Waals surface area contributed by atoms with Crippen molar-refractivity contribution in [1.82, 2.24) is 0 Å². The summed E-state index contributed by atoms with van der Waals surface area (Å²) in [7, 11) is 0. The van der Waals surface area contributed by atoms with E-state index in [0.29, 0.717) is 5.56 Å². The standard InChI is InChI=1S/C13H10O4/c14-11-5-10(6-12(15)7-11)8-1-3-9(4-2-8)13(16)17/h1-7,14-15H,(H,16,17). The van der Waals surface area contributed by atoms with E-state index in [1.165, 1.54) is 30.3 Å². The quantitative estimate of drug-likeness (QED) is 0.740. The zero-order valence-corrected chi connectivity index (χ0v) is 8.79. The second kappa shape index (κ2) is 4.17. The minimum absolute atomic E-state index is 0.0395. The van der Waals surface area contributed by atoms with E-state index in [9.17, 15) is 15.0 Å². The molecule has 0 bridgehead atoms. The average molecular weight is 230 g/mol. The van der Waals surface area contributed by atoms with Crippen molar-refractivity contribution in [2.45, 2.75) is 0 Å². The maximum absolute atomic E-state index is 10.7. The smallest absolute Gasteiger partial charge is 0.335 e. The highest BCUT2D eigenvalue weighted by Gasteiger charge is 2.05. The van der Waals surface area contributed by atoms with Gasteiger partial charge in [0.15, 0.2) is 0 Å². The highest BCUT2D eigenvalue weighted by molar-refractivity contribution is 5.88. The number of phenols is 2. The van der Waals surface area contributed by atoms with E-state index in [2.05, 4.69) is 0 Å². The highest BCUT2D eigenvalue weighted by Crippen LogP contribution is 2.28. The molecule has 0 saturated heterocycles. The fourth-order valence-corrected chi connectivity index (χ4v) is 1.57. The van der Waals surface area contributed by atoms with Crippen molar-refractivity contribution < 1.29 is 20.1 Å². The van der Waals surface area contributed by atoms with Gasteiger partial charge in [0.25, 0.3) is 0 Å². The van der Waals surface area contributed by atoms with Crippen molar-refractivity contribution in [2.24, 2.45) is 0 Å².